The van der Waals surface area contributed by atoms with E-state index in [1.807, 2.05) is 11.0 Å². The average Bonchev–Trinajstić information content (AvgIpc) is 3.28. The van der Waals surface area contributed by atoms with E-state index in [-0.39, 0.29) is 23.8 Å². The molecule has 0 radical (unpaired) electrons. The van der Waals surface area contributed by atoms with E-state index in [0.29, 0.717) is 19.5 Å². The number of nitrogens with one attached hydrogen (secondary N) is 1. The number of nitrogens with zero attached hydrogens (tertiary/aromatic N) is 1. The van der Waals surface area contributed by atoms with Crippen LogP contribution in [0.3, 0.4) is 0 Å². The number of hydrogen-bond donors (Lipinski definition) is 1. The van der Waals surface area contributed by atoms with Crippen LogP contribution < -0.4 is 10.2 Å². The van der Waals surface area contributed by atoms with E-state index in [1.165, 1.54) is 11.1 Å². The lowest BCUT2D eigenvalue weighted by Gasteiger charge is -2.23. The highest BCUT2D eigenvalue weighted by atomic mass is 16.5. The third-order valence-electron chi connectivity index (χ3n) is 5.26. The lowest BCUT2D eigenvalue weighted by atomic mass is 10.0. The Labute approximate surface area is 149 Å². The number of amides is 2. The van der Waals surface area contributed by atoms with Crippen LogP contribution in [0.15, 0.2) is 18.2 Å². The maximum atomic E-state index is 12.6. The molecule has 5 nitrogen and oxygen atoms in total. The van der Waals surface area contributed by atoms with Crippen LogP contribution >= 0.6 is 0 Å². The van der Waals surface area contributed by atoms with Gasteiger partial charge < -0.3 is 15.0 Å². The van der Waals surface area contributed by atoms with Gasteiger partial charge in [-0.3, -0.25) is 9.59 Å². The summed E-state index contributed by atoms with van der Waals surface area (Å²) in [5, 5.41) is 2.97. The van der Waals surface area contributed by atoms with E-state index in [9.17, 15) is 9.59 Å². The fourth-order valence-corrected chi connectivity index (χ4v) is 3.83. The SMILES string of the molecule is CCc1cccc(CC)c1N1C[C@@H](C(=O)NC[C@H]2CCCO2)CC1=O. The molecule has 2 saturated heterocycles. The molecule has 5 heteroatoms. The van der Waals surface area contributed by atoms with E-state index in [2.05, 4.69) is 31.3 Å². The Bertz CT molecular complexity index is 616. The molecule has 2 aliphatic heterocycles. The van der Waals surface area contributed by atoms with Gasteiger partial charge >= 0.3 is 0 Å². The van der Waals surface area contributed by atoms with Crippen LogP contribution in [0, 0.1) is 5.92 Å². The van der Waals surface area contributed by atoms with Gasteiger partial charge in [0.15, 0.2) is 0 Å². The van der Waals surface area contributed by atoms with Crippen molar-refractivity contribution in [2.75, 3.05) is 24.6 Å². The Morgan fingerprint density at radius 3 is 2.60 bits per heavy atom. The highest BCUT2D eigenvalue weighted by Gasteiger charge is 2.36. The number of ether oxygens (including phenoxy) is 1. The van der Waals surface area contributed by atoms with Gasteiger partial charge in [-0.15, -0.1) is 0 Å². The van der Waals surface area contributed by atoms with Gasteiger partial charge in [-0.1, -0.05) is 32.0 Å². The molecule has 3 rings (SSSR count). The summed E-state index contributed by atoms with van der Waals surface area (Å²) >= 11 is 0. The Balaban J connectivity index is 1.69. The van der Waals surface area contributed by atoms with Gasteiger partial charge in [0.1, 0.15) is 0 Å². The molecule has 1 aromatic carbocycles. The third-order valence-corrected chi connectivity index (χ3v) is 5.26. The van der Waals surface area contributed by atoms with Gasteiger partial charge in [-0.25, -0.2) is 0 Å². The topological polar surface area (TPSA) is 58.6 Å². The number of para-hydroxylation sites is 1. The van der Waals surface area contributed by atoms with Gasteiger partial charge in [0.25, 0.3) is 0 Å². The molecule has 0 spiro atoms. The number of anilines is 1. The zero-order valence-corrected chi connectivity index (χ0v) is 15.2. The van der Waals surface area contributed by atoms with Crippen LogP contribution in [-0.4, -0.2) is 37.6 Å². The molecule has 1 N–H and O–H groups in total. The zero-order valence-electron chi connectivity index (χ0n) is 15.2. The van der Waals surface area contributed by atoms with Crippen molar-refractivity contribution in [1.82, 2.24) is 5.32 Å². The number of carbonyl (C=O) groups excluding carboxylic acids is 2. The monoisotopic (exact) mass is 344 g/mol. The summed E-state index contributed by atoms with van der Waals surface area (Å²) in [5.74, 6) is -0.255. The van der Waals surface area contributed by atoms with Crippen LogP contribution in [0.4, 0.5) is 5.69 Å². The molecular weight excluding hydrogens is 316 g/mol. The maximum absolute atomic E-state index is 12.6. The van der Waals surface area contributed by atoms with Gasteiger partial charge in [-0.2, -0.15) is 0 Å². The van der Waals surface area contributed by atoms with E-state index < -0.39 is 0 Å². The van der Waals surface area contributed by atoms with Crippen LogP contribution in [-0.2, 0) is 27.2 Å². The second kappa shape index (κ2) is 8.00. The Hall–Kier alpha value is -1.88. The predicted octanol–water partition coefficient (Wildman–Crippen LogP) is 2.46. The van der Waals surface area contributed by atoms with E-state index in [4.69, 9.17) is 4.74 Å². The molecule has 25 heavy (non-hydrogen) atoms. The smallest absolute Gasteiger partial charge is 0.227 e. The second-order valence-electron chi connectivity index (χ2n) is 6.92. The quantitative estimate of drug-likeness (QED) is 0.862. The number of carbonyl (C=O) groups is 2. The van der Waals surface area contributed by atoms with Gasteiger partial charge in [-0.05, 0) is 36.8 Å². The fraction of sp³-hybridized carbons (Fsp3) is 0.600. The molecule has 136 valence electrons. The summed E-state index contributed by atoms with van der Waals surface area (Å²) in [5.41, 5.74) is 3.37. The zero-order chi connectivity index (χ0) is 17.8. The molecule has 2 amide bonds. The van der Waals surface area contributed by atoms with Crippen molar-refractivity contribution in [2.45, 2.75) is 52.1 Å². The summed E-state index contributed by atoms with van der Waals surface area (Å²) in [7, 11) is 0. The molecule has 2 heterocycles. The summed E-state index contributed by atoms with van der Waals surface area (Å²) in [6.45, 7) is 6.01. The normalized spacial score (nSPS) is 23.3. The fourth-order valence-electron chi connectivity index (χ4n) is 3.83. The molecule has 0 aromatic heterocycles. The Morgan fingerprint density at radius 1 is 1.28 bits per heavy atom. The minimum atomic E-state index is -0.275. The van der Waals surface area contributed by atoms with Gasteiger partial charge in [0.05, 0.1) is 12.0 Å². The Morgan fingerprint density at radius 2 is 2.00 bits per heavy atom. The summed E-state index contributed by atoms with van der Waals surface area (Å²) in [4.78, 5) is 26.9. The number of aryl methyl sites for hydroxylation is 2. The first kappa shape index (κ1) is 17.9. The highest BCUT2D eigenvalue weighted by molar-refractivity contribution is 6.01. The van der Waals surface area contributed by atoms with E-state index in [1.54, 1.807) is 0 Å². The first-order valence-electron chi connectivity index (χ1n) is 9.44. The Kier molecular flexibility index (Phi) is 5.74. The molecule has 0 saturated carbocycles. The standard InChI is InChI=1S/C20H28N2O3/c1-3-14-7-5-8-15(4-2)19(14)22-13-16(11-18(22)23)20(24)21-12-17-9-6-10-25-17/h5,7-8,16-17H,3-4,6,9-13H2,1-2H3,(H,21,24)/t16-,17+/m0/s1. The van der Waals surface area contributed by atoms with Crippen LogP contribution in [0.25, 0.3) is 0 Å². The first-order chi connectivity index (χ1) is 12.1. The van der Waals surface area contributed by atoms with Crippen molar-refractivity contribution >= 4 is 17.5 Å². The molecule has 2 aliphatic rings. The summed E-state index contributed by atoms with van der Waals surface area (Å²) in [6.07, 6.45) is 4.23. The molecule has 0 aliphatic carbocycles. The van der Waals surface area contributed by atoms with Crippen LogP contribution in [0.2, 0.25) is 0 Å². The largest absolute Gasteiger partial charge is 0.376 e. The van der Waals surface area contributed by atoms with Gasteiger partial charge in [0, 0.05) is 31.8 Å². The summed E-state index contributed by atoms with van der Waals surface area (Å²) in [6, 6.07) is 6.20. The molecule has 0 unspecified atom stereocenters. The minimum absolute atomic E-state index is 0.0293. The van der Waals surface area contributed by atoms with E-state index >= 15 is 0 Å². The minimum Gasteiger partial charge on any atom is -0.376 e. The molecule has 2 atom stereocenters. The van der Waals surface area contributed by atoms with Crippen LogP contribution in [0.5, 0.6) is 0 Å². The lowest BCUT2D eigenvalue weighted by molar-refractivity contribution is -0.126. The van der Waals surface area contributed by atoms with Crippen molar-refractivity contribution in [2.24, 2.45) is 5.92 Å². The molecule has 2 fully saturated rings. The summed E-state index contributed by atoms with van der Waals surface area (Å²) < 4.78 is 5.55. The molecule has 1 aromatic rings. The molecular formula is C20H28N2O3. The van der Waals surface area contributed by atoms with Crippen molar-refractivity contribution in [3.8, 4) is 0 Å². The molecule has 0 bridgehead atoms. The number of benzene rings is 1. The van der Waals surface area contributed by atoms with E-state index in [0.717, 1.165) is 38.0 Å². The maximum Gasteiger partial charge on any atom is 0.227 e. The lowest BCUT2D eigenvalue weighted by Crippen LogP contribution is -2.37. The van der Waals surface area contributed by atoms with Crippen molar-refractivity contribution in [1.29, 1.82) is 0 Å². The van der Waals surface area contributed by atoms with Crippen LogP contribution in [0.1, 0.15) is 44.2 Å². The van der Waals surface area contributed by atoms with Crippen molar-refractivity contribution < 1.29 is 14.3 Å². The predicted molar refractivity (Wildman–Crippen MR) is 97.6 cm³/mol. The number of rotatable bonds is 6. The van der Waals surface area contributed by atoms with Crippen molar-refractivity contribution in [3.05, 3.63) is 29.3 Å². The highest BCUT2D eigenvalue weighted by Crippen LogP contribution is 2.32. The average molecular weight is 344 g/mol. The number of hydrogen-bond acceptors (Lipinski definition) is 3. The van der Waals surface area contributed by atoms with Crippen molar-refractivity contribution in [3.63, 3.8) is 0 Å². The third kappa shape index (κ3) is 3.87. The first-order valence-corrected chi connectivity index (χ1v) is 9.44. The second-order valence-corrected chi connectivity index (χ2v) is 6.92. The van der Waals surface area contributed by atoms with Gasteiger partial charge in [0.2, 0.25) is 11.8 Å².